The maximum atomic E-state index is 12.3. The molecular formula is C22H24N4O7. The van der Waals surface area contributed by atoms with Crippen LogP contribution in [0.1, 0.15) is 26.7 Å². The highest BCUT2D eigenvalue weighted by molar-refractivity contribution is 5.92. The molecule has 0 atom stereocenters. The van der Waals surface area contributed by atoms with Gasteiger partial charge in [-0.2, -0.15) is 0 Å². The Balaban J connectivity index is 1.54. The minimum atomic E-state index is -0.644. The number of amides is 2. The van der Waals surface area contributed by atoms with Crippen molar-refractivity contribution >= 4 is 40.2 Å². The van der Waals surface area contributed by atoms with Crippen LogP contribution in [0.25, 0.3) is 11.1 Å². The second-order valence-corrected chi connectivity index (χ2v) is 7.78. The third-order valence-electron chi connectivity index (χ3n) is 4.59. The zero-order valence-corrected chi connectivity index (χ0v) is 18.2. The molecule has 11 nitrogen and oxygen atoms in total. The number of nitrogens with zero attached hydrogens (tertiary/aromatic N) is 2. The first-order valence-electron chi connectivity index (χ1n) is 10.3. The van der Waals surface area contributed by atoms with Crippen molar-refractivity contribution in [1.82, 2.24) is 4.57 Å². The average Bonchev–Trinajstić information content (AvgIpc) is 3.07. The number of rotatable bonds is 9. The molecule has 33 heavy (non-hydrogen) atoms. The van der Waals surface area contributed by atoms with E-state index < -0.39 is 16.8 Å². The maximum absolute atomic E-state index is 12.3. The Labute approximate surface area is 188 Å². The number of benzene rings is 2. The number of fused-ring (bicyclic) bond motifs is 1. The number of nitro groups is 1. The van der Waals surface area contributed by atoms with E-state index in [0.717, 1.165) is 0 Å². The zero-order valence-electron chi connectivity index (χ0n) is 18.2. The quantitative estimate of drug-likeness (QED) is 0.364. The molecule has 3 aromatic rings. The van der Waals surface area contributed by atoms with Gasteiger partial charge in [0.1, 0.15) is 0 Å². The first-order valence-corrected chi connectivity index (χ1v) is 10.3. The van der Waals surface area contributed by atoms with E-state index in [2.05, 4.69) is 10.6 Å². The van der Waals surface area contributed by atoms with E-state index in [4.69, 9.17) is 9.15 Å². The van der Waals surface area contributed by atoms with Gasteiger partial charge in [0, 0.05) is 30.4 Å². The van der Waals surface area contributed by atoms with E-state index in [1.54, 1.807) is 24.3 Å². The molecule has 3 rings (SSSR count). The van der Waals surface area contributed by atoms with Crippen molar-refractivity contribution in [2.45, 2.75) is 33.2 Å². The van der Waals surface area contributed by atoms with Gasteiger partial charge in [0.25, 0.3) is 5.69 Å². The number of aromatic nitrogens is 1. The fourth-order valence-electron chi connectivity index (χ4n) is 3.07. The summed E-state index contributed by atoms with van der Waals surface area (Å²) >= 11 is 0. The van der Waals surface area contributed by atoms with Crippen LogP contribution in [0.15, 0.2) is 51.7 Å². The summed E-state index contributed by atoms with van der Waals surface area (Å²) in [6.45, 7) is 4.37. The van der Waals surface area contributed by atoms with Crippen molar-refractivity contribution in [3.05, 3.63) is 63.1 Å². The van der Waals surface area contributed by atoms with Gasteiger partial charge in [-0.25, -0.2) is 9.59 Å². The second-order valence-electron chi connectivity index (χ2n) is 7.78. The summed E-state index contributed by atoms with van der Waals surface area (Å²) in [6, 6.07) is 10.6. The second kappa shape index (κ2) is 10.4. The third-order valence-corrected chi connectivity index (χ3v) is 4.59. The summed E-state index contributed by atoms with van der Waals surface area (Å²) < 4.78 is 11.5. The lowest BCUT2D eigenvalue weighted by Crippen LogP contribution is -2.18. The first-order chi connectivity index (χ1) is 15.7. The number of hydrogen-bond acceptors (Lipinski definition) is 7. The minimum absolute atomic E-state index is 0.120. The van der Waals surface area contributed by atoms with E-state index >= 15 is 0 Å². The summed E-state index contributed by atoms with van der Waals surface area (Å²) in [6.07, 6.45) is -0.105. The summed E-state index contributed by atoms with van der Waals surface area (Å²) in [5, 5.41) is 16.2. The fourth-order valence-corrected chi connectivity index (χ4v) is 3.07. The molecule has 0 radical (unpaired) electrons. The van der Waals surface area contributed by atoms with E-state index in [0.29, 0.717) is 29.9 Å². The van der Waals surface area contributed by atoms with Gasteiger partial charge in [0.15, 0.2) is 5.58 Å². The summed E-state index contributed by atoms with van der Waals surface area (Å²) in [4.78, 5) is 46.5. The highest BCUT2D eigenvalue weighted by Gasteiger charge is 2.14. The van der Waals surface area contributed by atoms with Crippen LogP contribution < -0.4 is 16.4 Å². The van der Waals surface area contributed by atoms with Gasteiger partial charge in [0.05, 0.1) is 23.1 Å². The van der Waals surface area contributed by atoms with E-state index in [1.807, 2.05) is 13.8 Å². The van der Waals surface area contributed by atoms with Crippen molar-refractivity contribution in [3.63, 3.8) is 0 Å². The zero-order chi connectivity index (χ0) is 24.0. The van der Waals surface area contributed by atoms with Gasteiger partial charge in [-0.15, -0.1) is 0 Å². The number of aryl methyl sites for hydroxylation is 1. The number of ether oxygens (including phenoxy) is 1. The number of nitro benzene ring substituents is 1. The van der Waals surface area contributed by atoms with Crippen LogP contribution >= 0.6 is 0 Å². The van der Waals surface area contributed by atoms with E-state index in [1.165, 1.54) is 22.8 Å². The molecule has 0 spiro atoms. The topological polar surface area (TPSA) is 146 Å². The predicted molar refractivity (Wildman–Crippen MR) is 121 cm³/mol. The van der Waals surface area contributed by atoms with E-state index in [-0.39, 0.29) is 36.1 Å². The maximum Gasteiger partial charge on any atom is 0.419 e. The highest BCUT2D eigenvalue weighted by atomic mass is 16.6. The molecule has 0 fully saturated rings. The Morgan fingerprint density at radius 1 is 1.15 bits per heavy atom. The first kappa shape index (κ1) is 23.5. The molecule has 2 aromatic carbocycles. The Hall–Kier alpha value is -4.15. The Morgan fingerprint density at radius 3 is 2.58 bits per heavy atom. The van der Waals surface area contributed by atoms with Crippen LogP contribution in [-0.2, 0) is 16.1 Å². The van der Waals surface area contributed by atoms with Gasteiger partial charge in [-0.3, -0.25) is 24.8 Å². The van der Waals surface area contributed by atoms with Crippen molar-refractivity contribution in [1.29, 1.82) is 0 Å². The molecule has 1 heterocycles. The largest absolute Gasteiger partial charge is 0.449 e. The number of hydrogen-bond donors (Lipinski definition) is 2. The lowest BCUT2D eigenvalue weighted by molar-refractivity contribution is -0.384. The molecule has 1 aromatic heterocycles. The van der Waals surface area contributed by atoms with Gasteiger partial charge in [-0.1, -0.05) is 19.9 Å². The molecule has 174 valence electrons. The van der Waals surface area contributed by atoms with Crippen LogP contribution in [-0.4, -0.2) is 28.1 Å². The SMILES string of the molecule is CC(C)COC(=O)Nc1cccc(NC(=O)CCCn2c(=O)oc3cc([N+](=O)[O-])ccc32)c1. The molecule has 0 aliphatic rings. The van der Waals surface area contributed by atoms with Crippen LogP contribution in [0, 0.1) is 16.0 Å². The number of non-ortho nitro benzene ring substituents is 1. The van der Waals surface area contributed by atoms with Crippen LogP contribution in [0.4, 0.5) is 21.9 Å². The van der Waals surface area contributed by atoms with Gasteiger partial charge < -0.3 is 14.5 Å². The number of carbonyl (C=O) groups is 2. The highest BCUT2D eigenvalue weighted by Crippen LogP contribution is 2.20. The molecule has 11 heteroatoms. The average molecular weight is 456 g/mol. The molecule has 2 N–H and O–H groups in total. The lowest BCUT2D eigenvalue weighted by atomic mass is 10.2. The minimum Gasteiger partial charge on any atom is -0.449 e. The number of oxazole rings is 1. The molecule has 0 bridgehead atoms. The Kier molecular flexibility index (Phi) is 7.44. The standard InChI is InChI=1S/C22H24N4O7/c1-14(2)13-32-21(28)24-16-6-3-5-15(11-16)23-20(27)7-4-10-25-18-9-8-17(26(30)31)12-19(18)33-22(25)29/h3,5-6,8-9,11-12,14H,4,7,10,13H2,1-2H3,(H,23,27)(H,24,28). The third kappa shape index (κ3) is 6.42. The van der Waals surface area contributed by atoms with Gasteiger partial charge >= 0.3 is 11.8 Å². The molecular weight excluding hydrogens is 432 g/mol. The van der Waals surface area contributed by atoms with Crippen molar-refractivity contribution in [2.75, 3.05) is 17.2 Å². The van der Waals surface area contributed by atoms with Crippen LogP contribution in [0.2, 0.25) is 0 Å². The molecule has 0 unspecified atom stereocenters. The monoisotopic (exact) mass is 456 g/mol. The smallest absolute Gasteiger partial charge is 0.419 e. The van der Waals surface area contributed by atoms with Crippen LogP contribution in [0.3, 0.4) is 0 Å². The molecule has 0 saturated carbocycles. The van der Waals surface area contributed by atoms with Crippen molar-refractivity contribution in [3.8, 4) is 0 Å². The number of nitrogens with one attached hydrogen (secondary N) is 2. The predicted octanol–water partition coefficient (Wildman–Crippen LogP) is 4.13. The normalized spacial score (nSPS) is 10.9. The van der Waals surface area contributed by atoms with Crippen LogP contribution in [0.5, 0.6) is 0 Å². The fraction of sp³-hybridized carbons (Fsp3) is 0.318. The lowest BCUT2D eigenvalue weighted by Gasteiger charge is -2.10. The summed E-state index contributed by atoms with van der Waals surface area (Å²) in [5.41, 5.74) is 1.35. The van der Waals surface area contributed by atoms with E-state index in [9.17, 15) is 24.5 Å². The Morgan fingerprint density at radius 2 is 1.88 bits per heavy atom. The number of anilines is 2. The van der Waals surface area contributed by atoms with Crippen molar-refractivity contribution < 1.29 is 23.7 Å². The molecule has 0 aliphatic heterocycles. The summed E-state index contributed by atoms with van der Waals surface area (Å²) in [7, 11) is 0. The Bertz CT molecular complexity index is 1230. The van der Waals surface area contributed by atoms with Gasteiger partial charge in [-0.05, 0) is 36.6 Å². The molecule has 0 aliphatic carbocycles. The molecule has 0 saturated heterocycles. The molecule has 2 amide bonds. The number of carbonyl (C=O) groups excluding carboxylic acids is 2. The summed E-state index contributed by atoms with van der Waals surface area (Å²) in [5.74, 6) is -0.698. The van der Waals surface area contributed by atoms with Crippen molar-refractivity contribution in [2.24, 2.45) is 5.92 Å². The van der Waals surface area contributed by atoms with Gasteiger partial charge in [0.2, 0.25) is 5.91 Å².